The SMILES string of the molecule is Cc1ccc2nc(CSc3ccccc3Br)cn2c1. The third-order valence-electron chi connectivity index (χ3n) is 2.86. The minimum absolute atomic E-state index is 0.878. The summed E-state index contributed by atoms with van der Waals surface area (Å²) in [6.07, 6.45) is 4.21. The number of imidazole rings is 1. The maximum absolute atomic E-state index is 4.63. The molecule has 0 aliphatic carbocycles. The molecule has 3 aromatic rings. The van der Waals surface area contributed by atoms with Crippen LogP contribution in [0.3, 0.4) is 0 Å². The molecule has 0 fully saturated rings. The van der Waals surface area contributed by atoms with Crippen molar-refractivity contribution < 1.29 is 0 Å². The van der Waals surface area contributed by atoms with E-state index in [4.69, 9.17) is 0 Å². The number of hydrogen-bond donors (Lipinski definition) is 0. The average molecular weight is 333 g/mol. The van der Waals surface area contributed by atoms with Gasteiger partial charge in [-0.25, -0.2) is 4.98 Å². The van der Waals surface area contributed by atoms with Gasteiger partial charge >= 0.3 is 0 Å². The molecular formula is C15H13BrN2S. The van der Waals surface area contributed by atoms with Gasteiger partial charge < -0.3 is 4.40 Å². The molecule has 0 N–H and O–H groups in total. The van der Waals surface area contributed by atoms with Crippen molar-refractivity contribution in [3.63, 3.8) is 0 Å². The Morgan fingerprint density at radius 2 is 2.00 bits per heavy atom. The van der Waals surface area contributed by atoms with Crippen molar-refractivity contribution in [2.75, 3.05) is 0 Å². The third-order valence-corrected chi connectivity index (χ3v) is 4.92. The summed E-state index contributed by atoms with van der Waals surface area (Å²) < 4.78 is 3.23. The molecule has 0 radical (unpaired) electrons. The Morgan fingerprint density at radius 3 is 2.84 bits per heavy atom. The van der Waals surface area contributed by atoms with Crippen LogP contribution in [0, 0.1) is 6.92 Å². The number of thioether (sulfide) groups is 1. The first-order valence-corrected chi connectivity index (χ1v) is 7.82. The normalized spacial score (nSPS) is 11.1. The highest BCUT2D eigenvalue weighted by atomic mass is 79.9. The molecule has 3 rings (SSSR count). The minimum Gasteiger partial charge on any atom is -0.307 e. The molecule has 0 amide bonds. The highest BCUT2D eigenvalue weighted by Gasteiger charge is 2.04. The summed E-state index contributed by atoms with van der Waals surface area (Å²) in [4.78, 5) is 5.87. The number of aryl methyl sites for hydroxylation is 1. The van der Waals surface area contributed by atoms with E-state index in [1.54, 1.807) is 11.8 Å². The fourth-order valence-corrected chi connectivity index (χ4v) is 3.39. The van der Waals surface area contributed by atoms with Crippen LogP contribution in [0.4, 0.5) is 0 Å². The van der Waals surface area contributed by atoms with Gasteiger partial charge in [-0.1, -0.05) is 18.2 Å². The standard InChI is InChI=1S/C15H13BrN2S/c1-11-6-7-15-17-12(9-18(15)8-11)10-19-14-5-3-2-4-13(14)16/h2-9H,10H2,1H3. The lowest BCUT2D eigenvalue weighted by molar-refractivity contribution is 1.15. The van der Waals surface area contributed by atoms with Crippen molar-refractivity contribution in [2.45, 2.75) is 17.6 Å². The summed E-state index contributed by atoms with van der Waals surface area (Å²) in [6.45, 7) is 2.09. The van der Waals surface area contributed by atoms with Crippen LogP contribution in [0.5, 0.6) is 0 Å². The van der Waals surface area contributed by atoms with Gasteiger partial charge in [-0.2, -0.15) is 0 Å². The molecule has 0 unspecified atom stereocenters. The molecular weight excluding hydrogens is 320 g/mol. The predicted octanol–water partition coefficient (Wildman–Crippen LogP) is 4.70. The molecule has 0 spiro atoms. The summed E-state index contributed by atoms with van der Waals surface area (Å²) in [5, 5.41) is 0. The summed E-state index contributed by atoms with van der Waals surface area (Å²) in [5.74, 6) is 0.878. The second kappa shape index (κ2) is 5.39. The van der Waals surface area contributed by atoms with Crippen LogP contribution in [-0.4, -0.2) is 9.38 Å². The summed E-state index contributed by atoms with van der Waals surface area (Å²) in [5.41, 5.74) is 3.36. The number of nitrogens with zero attached hydrogens (tertiary/aromatic N) is 2. The third kappa shape index (κ3) is 2.85. The van der Waals surface area contributed by atoms with Gasteiger partial charge in [0.25, 0.3) is 0 Å². The van der Waals surface area contributed by atoms with E-state index in [0.717, 1.165) is 21.6 Å². The van der Waals surface area contributed by atoms with Crippen molar-refractivity contribution in [2.24, 2.45) is 0 Å². The molecule has 0 atom stereocenters. The summed E-state index contributed by atoms with van der Waals surface area (Å²) in [7, 11) is 0. The van der Waals surface area contributed by atoms with E-state index in [1.807, 2.05) is 6.07 Å². The molecule has 4 heteroatoms. The van der Waals surface area contributed by atoms with Crippen LogP contribution in [0.1, 0.15) is 11.3 Å². The van der Waals surface area contributed by atoms with Crippen LogP contribution < -0.4 is 0 Å². The van der Waals surface area contributed by atoms with Gasteiger partial charge in [-0.15, -0.1) is 11.8 Å². The number of halogens is 1. The molecule has 0 aliphatic heterocycles. The van der Waals surface area contributed by atoms with Gasteiger partial charge in [0, 0.05) is 27.5 Å². The molecule has 2 heterocycles. The Balaban J connectivity index is 1.80. The van der Waals surface area contributed by atoms with Gasteiger partial charge in [0.15, 0.2) is 0 Å². The minimum atomic E-state index is 0.878. The van der Waals surface area contributed by atoms with E-state index >= 15 is 0 Å². The fourth-order valence-electron chi connectivity index (χ4n) is 1.94. The van der Waals surface area contributed by atoms with E-state index in [1.165, 1.54) is 10.5 Å². The maximum atomic E-state index is 4.63. The Morgan fingerprint density at radius 1 is 1.16 bits per heavy atom. The number of pyridine rings is 1. The largest absolute Gasteiger partial charge is 0.307 e. The van der Waals surface area contributed by atoms with Crippen LogP contribution in [-0.2, 0) is 5.75 Å². The van der Waals surface area contributed by atoms with Crippen LogP contribution >= 0.6 is 27.7 Å². The molecule has 1 aromatic carbocycles. The van der Waals surface area contributed by atoms with Gasteiger partial charge in [-0.05, 0) is 46.6 Å². The van der Waals surface area contributed by atoms with E-state index in [-0.39, 0.29) is 0 Å². The van der Waals surface area contributed by atoms with E-state index < -0.39 is 0 Å². The molecule has 0 bridgehead atoms. The lowest BCUT2D eigenvalue weighted by Crippen LogP contribution is -1.82. The highest BCUT2D eigenvalue weighted by Crippen LogP contribution is 2.29. The Bertz CT molecular complexity index is 721. The second-order valence-electron chi connectivity index (χ2n) is 4.42. The average Bonchev–Trinajstić information content (AvgIpc) is 2.79. The summed E-state index contributed by atoms with van der Waals surface area (Å²) >= 11 is 5.36. The van der Waals surface area contributed by atoms with Crippen LogP contribution in [0.25, 0.3) is 5.65 Å². The smallest absolute Gasteiger partial charge is 0.137 e. The molecule has 0 saturated carbocycles. The van der Waals surface area contributed by atoms with Gasteiger partial charge in [0.1, 0.15) is 5.65 Å². The van der Waals surface area contributed by atoms with Crippen molar-refractivity contribution in [3.8, 4) is 0 Å². The van der Waals surface area contributed by atoms with Crippen LogP contribution in [0.15, 0.2) is 58.2 Å². The molecule has 96 valence electrons. The zero-order valence-corrected chi connectivity index (χ0v) is 12.9. The first-order valence-electron chi connectivity index (χ1n) is 6.04. The van der Waals surface area contributed by atoms with Gasteiger partial charge in [-0.3, -0.25) is 0 Å². The Kier molecular flexibility index (Phi) is 3.62. The molecule has 0 saturated heterocycles. The predicted molar refractivity (Wildman–Crippen MR) is 83.6 cm³/mol. The number of aromatic nitrogens is 2. The second-order valence-corrected chi connectivity index (χ2v) is 6.29. The van der Waals surface area contributed by atoms with Gasteiger partial charge in [0.05, 0.1) is 5.69 Å². The maximum Gasteiger partial charge on any atom is 0.137 e. The first kappa shape index (κ1) is 12.8. The van der Waals surface area contributed by atoms with E-state index in [2.05, 4.69) is 75.0 Å². The van der Waals surface area contributed by atoms with Gasteiger partial charge in [0.2, 0.25) is 0 Å². The number of hydrogen-bond acceptors (Lipinski definition) is 2. The zero-order valence-electron chi connectivity index (χ0n) is 10.5. The van der Waals surface area contributed by atoms with E-state index in [9.17, 15) is 0 Å². The highest BCUT2D eigenvalue weighted by molar-refractivity contribution is 9.10. The lowest BCUT2D eigenvalue weighted by Gasteiger charge is -2.01. The molecule has 19 heavy (non-hydrogen) atoms. The topological polar surface area (TPSA) is 17.3 Å². The van der Waals surface area contributed by atoms with E-state index in [0.29, 0.717) is 0 Å². The van der Waals surface area contributed by atoms with Crippen LogP contribution in [0.2, 0.25) is 0 Å². The summed E-state index contributed by atoms with van der Waals surface area (Å²) in [6, 6.07) is 12.4. The molecule has 2 aromatic heterocycles. The number of benzene rings is 1. The number of fused-ring (bicyclic) bond motifs is 1. The first-order chi connectivity index (χ1) is 9.22. The van der Waals surface area contributed by atoms with Crippen molar-refractivity contribution in [3.05, 3.63) is 64.5 Å². The van der Waals surface area contributed by atoms with Crippen molar-refractivity contribution >= 4 is 33.3 Å². The Hall–Kier alpha value is -1.26. The van der Waals surface area contributed by atoms with Crippen molar-refractivity contribution in [1.82, 2.24) is 9.38 Å². The molecule has 0 aliphatic rings. The van der Waals surface area contributed by atoms with Crippen molar-refractivity contribution in [1.29, 1.82) is 0 Å². The monoisotopic (exact) mass is 332 g/mol. The Labute approximate surface area is 125 Å². The zero-order chi connectivity index (χ0) is 13.2. The number of rotatable bonds is 3. The molecule has 2 nitrogen and oxygen atoms in total. The lowest BCUT2D eigenvalue weighted by atomic mass is 10.3. The fraction of sp³-hybridized carbons (Fsp3) is 0.133. The quantitative estimate of drug-likeness (QED) is 0.647.